The maximum atomic E-state index is 13.7. The van der Waals surface area contributed by atoms with Gasteiger partial charge in [0.2, 0.25) is 5.91 Å². The van der Waals surface area contributed by atoms with Crippen LogP contribution in [-0.2, 0) is 4.79 Å². The van der Waals surface area contributed by atoms with Crippen LogP contribution in [0.4, 0.5) is 15.8 Å². The van der Waals surface area contributed by atoms with Gasteiger partial charge in [0, 0.05) is 22.1 Å². The number of nitro groups is 1. The van der Waals surface area contributed by atoms with Crippen molar-refractivity contribution in [3.63, 3.8) is 0 Å². The number of carbonyl (C=O) groups is 1. The van der Waals surface area contributed by atoms with Crippen molar-refractivity contribution in [3.8, 4) is 0 Å². The zero-order valence-electron chi connectivity index (χ0n) is 12.0. The Labute approximate surface area is 141 Å². The third-order valence-corrected chi connectivity index (χ3v) is 4.28. The molecule has 0 aliphatic carbocycles. The molecule has 8 heteroatoms. The molecule has 0 bridgehead atoms. The number of hydrogen-bond donors (Lipinski definition) is 1. The molecule has 2 aromatic carbocycles. The Kier molecular flexibility index (Phi) is 5.57. The average Bonchev–Trinajstić information content (AvgIpc) is 2.51. The quantitative estimate of drug-likeness (QED) is 0.487. The third-order valence-electron chi connectivity index (χ3n) is 2.91. The van der Waals surface area contributed by atoms with Crippen LogP contribution in [0.3, 0.4) is 0 Å². The number of rotatable bonds is 5. The Hall–Kier alpha value is -2.12. The summed E-state index contributed by atoms with van der Waals surface area (Å²) in [7, 11) is 0. The predicted octanol–water partition coefficient (Wildman–Crippen LogP) is 4.51. The highest BCUT2D eigenvalue weighted by Gasteiger charge is 2.18. The first-order chi connectivity index (χ1) is 10.9. The number of nitrogens with one attached hydrogen (secondary N) is 1. The van der Waals surface area contributed by atoms with Crippen molar-refractivity contribution >= 4 is 40.6 Å². The van der Waals surface area contributed by atoms with E-state index < -0.39 is 21.9 Å². The lowest BCUT2D eigenvalue weighted by Crippen LogP contribution is -2.23. The Morgan fingerprint density at radius 3 is 2.57 bits per heavy atom. The fraction of sp³-hybridized carbons (Fsp3) is 0.133. The predicted molar refractivity (Wildman–Crippen MR) is 88.5 cm³/mol. The summed E-state index contributed by atoms with van der Waals surface area (Å²) >= 11 is 7.06. The van der Waals surface area contributed by atoms with Crippen molar-refractivity contribution in [2.75, 3.05) is 5.32 Å². The van der Waals surface area contributed by atoms with Gasteiger partial charge in [0.25, 0.3) is 5.69 Å². The summed E-state index contributed by atoms with van der Waals surface area (Å²) < 4.78 is 13.7. The molecule has 120 valence electrons. The second-order valence-electron chi connectivity index (χ2n) is 4.62. The van der Waals surface area contributed by atoms with Gasteiger partial charge < -0.3 is 5.32 Å². The molecule has 23 heavy (non-hydrogen) atoms. The molecule has 1 atom stereocenters. The zero-order chi connectivity index (χ0) is 17.0. The van der Waals surface area contributed by atoms with E-state index in [0.717, 1.165) is 23.1 Å². The van der Waals surface area contributed by atoms with E-state index >= 15 is 0 Å². The van der Waals surface area contributed by atoms with E-state index in [9.17, 15) is 19.3 Å². The fourth-order valence-electron chi connectivity index (χ4n) is 1.73. The van der Waals surface area contributed by atoms with Gasteiger partial charge in [-0.2, -0.15) is 0 Å². The number of benzene rings is 2. The van der Waals surface area contributed by atoms with Crippen LogP contribution in [0.15, 0.2) is 47.4 Å². The van der Waals surface area contributed by atoms with Crippen LogP contribution >= 0.6 is 23.4 Å². The molecular weight excluding hydrogens is 343 g/mol. The van der Waals surface area contributed by atoms with E-state index in [1.54, 1.807) is 31.2 Å². The molecule has 0 aromatic heterocycles. The lowest BCUT2D eigenvalue weighted by Gasteiger charge is -2.12. The number of nitro benzene ring substituents is 1. The monoisotopic (exact) mass is 354 g/mol. The molecule has 0 radical (unpaired) electrons. The molecule has 2 aromatic rings. The molecule has 0 saturated carbocycles. The Bertz CT molecular complexity index is 740. The number of amides is 1. The summed E-state index contributed by atoms with van der Waals surface area (Å²) in [6, 6.07) is 9.92. The highest BCUT2D eigenvalue weighted by molar-refractivity contribution is 8.00. The molecular formula is C15H12ClFN2O3S. The van der Waals surface area contributed by atoms with E-state index in [2.05, 4.69) is 5.32 Å². The number of halogens is 2. The number of thioether (sulfide) groups is 1. The Morgan fingerprint density at radius 2 is 1.96 bits per heavy atom. The standard InChI is InChI=1S/C15H12ClFN2O3S/c1-9(23-12-5-2-10(16)3-6-12)15(20)18-14-8-11(19(21)22)4-7-13(14)17/h2-9H,1H3,(H,18,20). The first kappa shape index (κ1) is 17.2. The van der Waals surface area contributed by atoms with E-state index in [-0.39, 0.29) is 11.4 Å². The molecule has 1 unspecified atom stereocenters. The SMILES string of the molecule is CC(Sc1ccc(Cl)cc1)C(=O)Nc1cc([N+](=O)[O-])ccc1F. The van der Waals surface area contributed by atoms with Gasteiger partial charge in [-0.3, -0.25) is 14.9 Å². The molecule has 0 spiro atoms. The molecule has 5 nitrogen and oxygen atoms in total. The molecule has 1 N–H and O–H groups in total. The molecule has 2 rings (SSSR count). The third kappa shape index (κ3) is 4.67. The minimum absolute atomic E-state index is 0.215. The molecule has 0 heterocycles. The Morgan fingerprint density at radius 1 is 1.30 bits per heavy atom. The molecule has 0 aliphatic rings. The van der Waals surface area contributed by atoms with Crippen LogP contribution in [0.1, 0.15) is 6.92 Å². The molecule has 0 aliphatic heterocycles. The van der Waals surface area contributed by atoms with Gasteiger partial charge in [-0.15, -0.1) is 11.8 Å². The van der Waals surface area contributed by atoms with Gasteiger partial charge >= 0.3 is 0 Å². The molecule has 0 fully saturated rings. The first-order valence-electron chi connectivity index (χ1n) is 6.54. The zero-order valence-corrected chi connectivity index (χ0v) is 13.5. The molecule has 0 saturated heterocycles. The van der Waals surface area contributed by atoms with Crippen molar-refractivity contribution < 1.29 is 14.1 Å². The Balaban J connectivity index is 2.07. The van der Waals surface area contributed by atoms with Crippen LogP contribution in [0.5, 0.6) is 0 Å². The minimum atomic E-state index is -0.729. The van der Waals surface area contributed by atoms with E-state index in [1.807, 2.05) is 0 Å². The van der Waals surface area contributed by atoms with Crippen LogP contribution in [-0.4, -0.2) is 16.1 Å². The highest BCUT2D eigenvalue weighted by atomic mass is 35.5. The topological polar surface area (TPSA) is 72.2 Å². The van der Waals surface area contributed by atoms with Crippen molar-refractivity contribution in [1.82, 2.24) is 0 Å². The summed E-state index contributed by atoms with van der Waals surface area (Å²) in [4.78, 5) is 23.0. The van der Waals surface area contributed by atoms with Crippen molar-refractivity contribution in [2.24, 2.45) is 0 Å². The summed E-state index contributed by atoms with van der Waals surface area (Å²) in [5.41, 5.74) is -0.507. The summed E-state index contributed by atoms with van der Waals surface area (Å²) in [6.07, 6.45) is 0. The molecule has 1 amide bonds. The number of carbonyl (C=O) groups excluding carboxylic acids is 1. The van der Waals surface area contributed by atoms with Gasteiger partial charge in [0.15, 0.2) is 0 Å². The van der Waals surface area contributed by atoms with Crippen molar-refractivity contribution in [1.29, 1.82) is 0 Å². The van der Waals surface area contributed by atoms with Crippen LogP contribution < -0.4 is 5.32 Å². The van der Waals surface area contributed by atoms with Crippen molar-refractivity contribution in [3.05, 3.63) is 63.4 Å². The van der Waals surface area contributed by atoms with Gasteiger partial charge in [0.05, 0.1) is 15.9 Å². The maximum Gasteiger partial charge on any atom is 0.271 e. The number of hydrogen-bond acceptors (Lipinski definition) is 4. The van der Waals surface area contributed by atoms with Gasteiger partial charge in [-0.25, -0.2) is 4.39 Å². The fourth-order valence-corrected chi connectivity index (χ4v) is 2.72. The normalized spacial score (nSPS) is 11.8. The summed E-state index contributed by atoms with van der Waals surface area (Å²) in [5, 5.41) is 13.1. The smallest absolute Gasteiger partial charge is 0.271 e. The largest absolute Gasteiger partial charge is 0.322 e. The van der Waals surface area contributed by atoms with Crippen LogP contribution in [0.2, 0.25) is 5.02 Å². The van der Waals surface area contributed by atoms with Gasteiger partial charge in [0.1, 0.15) is 5.82 Å². The van der Waals surface area contributed by atoms with Crippen molar-refractivity contribution in [2.45, 2.75) is 17.1 Å². The number of nitrogens with zero attached hydrogens (tertiary/aromatic N) is 1. The van der Waals surface area contributed by atoms with E-state index in [4.69, 9.17) is 11.6 Å². The minimum Gasteiger partial charge on any atom is -0.322 e. The average molecular weight is 355 g/mol. The second kappa shape index (κ2) is 7.43. The van der Waals surface area contributed by atoms with E-state index in [1.165, 1.54) is 11.8 Å². The first-order valence-corrected chi connectivity index (χ1v) is 7.79. The summed E-state index contributed by atoms with van der Waals surface area (Å²) in [5.74, 6) is -1.18. The van der Waals surface area contributed by atoms with E-state index in [0.29, 0.717) is 5.02 Å². The lowest BCUT2D eigenvalue weighted by molar-refractivity contribution is -0.384. The maximum absolute atomic E-state index is 13.7. The lowest BCUT2D eigenvalue weighted by atomic mass is 10.2. The second-order valence-corrected chi connectivity index (χ2v) is 6.48. The highest BCUT2D eigenvalue weighted by Crippen LogP contribution is 2.27. The van der Waals surface area contributed by atoms with Gasteiger partial charge in [-0.1, -0.05) is 11.6 Å². The van der Waals surface area contributed by atoms with Crippen LogP contribution in [0.25, 0.3) is 0 Å². The number of non-ortho nitro benzene ring substituents is 1. The van der Waals surface area contributed by atoms with Gasteiger partial charge in [-0.05, 0) is 37.3 Å². The number of anilines is 1. The van der Waals surface area contributed by atoms with Crippen LogP contribution in [0, 0.1) is 15.9 Å². The summed E-state index contributed by atoms with van der Waals surface area (Å²) in [6.45, 7) is 1.66.